The van der Waals surface area contributed by atoms with Gasteiger partial charge in [-0.15, -0.1) is 13.1 Å². The molecule has 11 heteroatoms. The molecule has 1 aliphatic rings. The minimum atomic E-state index is -4.41. The molecule has 1 aliphatic heterocycles. The SMILES string of the molecule is [CH2-]CN(C[CH2-])S(=O)(=O)C1(C(=O)NO)OC=NO1.[CH3-].[Y+3]. The summed E-state index contributed by atoms with van der Waals surface area (Å²) in [7, 11) is -4.41. The molecule has 0 aliphatic carbocycles. The molecule has 1 amide bonds. The van der Waals surface area contributed by atoms with Gasteiger partial charge in [-0.2, -0.15) is 0 Å². The van der Waals surface area contributed by atoms with E-state index in [-0.39, 0.29) is 53.2 Å². The molecule has 0 aromatic carbocycles. The van der Waals surface area contributed by atoms with Crippen molar-refractivity contribution in [1.82, 2.24) is 9.79 Å². The van der Waals surface area contributed by atoms with E-state index in [9.17, 15) is 13.2 Å². The summed E-state index contributed by atoms with van der Waals surface area (Å²) in [6, 6.07) is 0. The quantitative estimate of drug-likeness (QED) is 0.360. The third-order valence-electron chi connectivity index (χ3n) is 1.98. The van der Waals surface area contributed by atoms with Crippen LogP contribution < -0.4 is 5.48 Å². The molecule has 0 aromatic rings. The van der Waals surface area contributed by atoms with Crippen molar-refractivity contribution in [3.8, 4) is 0 Å². The van der Waals surface area contributed by atoms with Gasteiger partial charge in [0.25, 0.3) is 0 Å². The minimum absolute atomic E-state index is 0. The van der Waals surface area contributed by atoms with Crippen molar-refractivity contribution < 1.29 is 60.7 Å². The van der Waals surface area contributed by atoms with Gasteiger partial charge < -0.3 is 30.8 Å². The fourth-order valence-electron chi connectivity index (χ4n) is 1.11. The Kier molecular flexibility index (Phi) is 8.96. The van der Waals surface area contributed by atoms with E-state index in [1.165, 1.54) is 0 Å². The Morgan fingerprint density at radius 2 is 2.00 bits per heavy atom. The summed E-state index contributed by atoms with van der Waals surface area (Å²) in [4.78, 5) is 15.8. The van der Waals surface area contributed by atoms with Gasteiger partial charge in [-0.05, 0) is 5.16 Å². The van der Waals surface area contributed by atoms with Gasteiger partial charge in [-0.25, -0.2) is 13.9 Å². The summed E-state index contributed by atoms with van der Waals surface area (Å²) < 4.78 is 29.4. The predicted octanol–water partition coefficient (Wildman–Crippen LogP) is -1.12. The maximum Gasteiger partial charge on any atom is 3.00 e. The number of nitrogens with zero attached hydrogens (tertiary/aromatic N) is 2. The third kappa shape index (κ3) is 3.43. The molecule has 0 saturated heterocycles. The molecule has 19 heavy (non-hydrogen) atoms. The van der Waals surface area contributed by atoms with Crippen LogP contribution in [0.4, 0.5) is 0 Å². The van der Waals surface area contributed by atoms with Crippen molar-refractivity contribution in [3.05, 3.63) is 21.3 Å². The van der Waals surface area contributed by atoms with E-state index in [0.29, 0.717) is 6.40 Å². The Labute approximate surface area is 137 Å². The third-order valence-corrected chi connectivity index (χ3v) is 4.06. The Morgan fingerprint density at radius 3 is 2.32 bits per heavy atom. The first-order chi connectivity index (χ1) is 7.96. The summed E-state index contributed by atoms with van der Waals surface area (Å²) in [5, 5.41) is 8.80. The molecule has 1 rings (SSSR count). The number of sulfonamides is 1. The van der Waals surface area contributed by atoms with Crippen LogP contribution >= 0.6 is 0 Å². The number of carbonyl (C=O) groups excluding carboxylic acids is 1. The summed E-state index contributed by atoms with van der Waals surface area (Å²) in [6.45, 7) is 6.35. The largest absolute Gasteiger partial charge is 3.00 e. The van der Waals surface area contributed by atoms with Gasteiger partial charge in [0.15, 0.2) is 0 Å². The minimum Gasteiger partial charge on any atom is -0.416 e. The molecule has 0 radical (unpaired) electrons. The van der Waals surface area contributed by atoms with E-state index >= 15 is 0 Å². The number of carbonyl (C=O) groups is 1. The average Bonchev–Trinajstić information content (AvgIpc) is 2.80. The average molecular weight is 369 g/mol. The van der Waals surface area contributed by atoms with Crippen molar-refractivity contribution in [2.75, 3.05) is 13.1 Å². The first-order valence-corrected chi connectivity index (χ1v) is 5.81. The van der Waals surface area contributed by atoms with E-state index in [1.54, 1.807) is 0 Å². The molecule has 0 aromatic heterocycles. The van der Waals surface area contributed by atoms with Crippen LogP contribution in [0.25, 0.3) is 0 Å². The van der Waals surface area contributed by atoms with Crippen LogP contribution in [0.15, 0.2) is 5.16 Å². The number of amides is 1. The van der Waals surface area contributed by atoms with Crippen molar-refractivity contribution >= 4 is 22.3 Å². The normalized spacial score (nSPS) is 20.8. The van der Waals surface area contributed by atoms with Gasteiger partial charge in [-0.3, -0.25) is 14.3 Å². The summed E-state index contributed by atoms with van der Waals surface area (Å²) >= 11 is 0. The first-order valence-electron chi connectivity index (χ1n) is 4.36. The maximum atomic E-state index is 12.1. The van der Waals surface area contributed by atoms with Gasteiger partial charge >= 0.3 is 53.8 Å². The topological polar surface area (TPSA) is 118 Å². The van der Waals surface area contributed by atoms with Crippen LogP contribution in [-0.2, 0) is 57.1 Å². The van der Waals surface area contributed by atoms with Gasteiger partial charge in [0, 0.05) is 0 Å². The van der Waals surface area contributed by atoms with Crippen LogP contribution in [0, 0.1) is 21.3 Å². The van der Waals surface area contributed by atoms with Crippen molar-refractivity contribution in [3.63, 3.8) is 0 Å². The van der Waals surface area contributed by atoms with Gasteiger partial charge in [0.1, 0.15) is 0 Å². The van der Waals surface area contributed by atoms with Crippen molar-refractivity contribution in [1.29, 1.82) is 0 Å². The number of oxime groups is 1. The molecule has 1 atom stereocenters. The van der Waals surface area contributed by atoms with E-state index in [4.69, 9.17) is 5.21 Å². The number of hydroxylamine groups is 1. The number of nitrogens with one attached hydrogen (secondary N) is 1. The van der Waals surface area contributed by atoms with Crippen molar-refractivity contribution in [2.24, 2.45) is 5.16 Å². The van der Waals surface area contributed by atoms with E-state index < -0.39 is 21.0 Å². The maximum absolute atomic E-state index is 12.1. The van der Waals surface area contributed by atoms with Crippen molar-refractivity contribution in [2.45, 2.75) is 5.12 Å². The van der Waals surface area contributed by atoms with Crippen LogP contribution in [0.3, 0.4) is 0 Å². The summed E-state index contributed by atoms with van der Waals surface area (Å²) in [5.74, 6) is -1.43. The van der Waals surface area contributed by atoms with E-state index in [1.807, 2.05) is 0 Å². The van der Waals surface area contributed by atoms with Crippen LogP contribution in [-0.4, -0.2) is 48.4 Å². The standard InChI is InChI=1S/C7H11N3O6S.CH3.Y/c1-3-10(4-2)17(13,14)7(6(11)9-12)15-5-8-16-7;;/h5,12H,1-4H2,(H,9,11);1H3;/q-2;-1;+3. The molecule has 0 saturated carbocycles. The first kappa shape index (κ1) is 21.0. The smallest absolute Gasteiger partial charge is 0.416 e. The van der Waals surface area contributed by atoms with E-state index in [0.717, 1.165) is 9.79 Å². The molecule has 1 heterocycles. The summed E-state index contributed by atoms with van der Waals surface area (Å²) in [6.07, 6.45) is 0.636. The molecule has 9 nitrogen and oxygen atoms in total. The zero-order chi connectivity index (χ0) is 13.1. The summed E-state index contributed by atoms with van der Waals surface area (Å²) in [5.41, 5.74) is 1.14. The Hall–Kier alpha value is -0.286. The molecule has 2 N–H and O–H groups in total. The van der Waals surface area contributed by atoms with Crippen LogP contribution in [0.1, 0.15) is 0 Å². The van der Waals surface area contributed by atoms with Gasteiger partial charge in [-0.1, -0.05) is 0 Å². The van der Waals surface area contributed by atoms with E-state index in [2.05, 4.69) is 28.6 Å². The fourth-order valence-corrected chi connectivity index (χ4v) is 2.52. The zero-order valence-electron chi connectivity index (χ0n) is 10.3. The Balaban J connectivity index is 0. The van der Waals surface area contributed by atoms with Gasteiger partial charge in [0.2, 0.25) is 6.40 Å². The monoisotopic (exact) mass is 369 g/mol. The Morgan fingerprint density at radius 1 is 1.47 bits per heavy atom. The fraction of sp³-hybridized carbons (Fsp3) is 0.375. The number of ether oxygens (including phenoxy) is 1. The molecule has 0 fully saturated rings. The Bertz CT molecular complexity index is 414. The second-order valence-electron chi connectivity index (χ2n) is 2.82. The number of hydrogen-bond acceptors (Lipinski definition) is 7. The zero-order valence-corrected chi connectivity index (χ0v) is 13.9. The molecular formula is C8H14N3O6SY. The number of hydrogen-bond donors (Lipinski definition) is 2. The van der Waals surface area contributed by atoms with Crippen LogP contribution in [0.5, 0.6) is 0 Å². The second-order valence-corrected chi connectivity index (χ2v) is 4.83. The van der Waals surface area contributed by atoms with Gasteiger partial charge in [0.05, 0.1) is 0 Å². The molecule has 0 spiro atoms. The second kappa shape index (κ2) is 8.10. The molecular weight excluding hydrogens is 355 g/mol. The molecule has 1 unspecified atom stereocenters. The number of rotatable bonds is 5. The van der Waals surface area contributed by atoms with Crippen LogP contribution in [0.2, 0.25) is 0 Å². The predicted molar refractivity (Wildman–Crippen MR) is 60.9 cm³/mol. The molecule has 106 valence electrons. The molecule has 0 bridgehead atoms.